The Hall–Kier alpha value is -3.01. The summed E-state index contributed by atoms with van der Waals surface area (Å²) >= 11 is -0.170. The quantitative estimate of drug-likeness (QED) is 0.646. The highest BCUT2D eigenvalue weighted by Crippen LogP contribution is 2.36. The van der Waals surface area contributed by atoms with Crippen LogP contribution in [0.5, 0.6) is 0 Å². The van der Waals surface area contributed by atoms with Crippen molar-refractivity contribution in [2.45, 2.75) is 17.3 Å². The summed E-state index contributed by atoms with van der Waals surface area (Å²) in [5, 5.41) is 6.87. The largest absolute Gasteiger partial charge is 0.446 e. The summed E-state index contributed by atoms with van der Waals surface area (Å²) in [5.74, 6) is 0.442. The average Bonchev–Trinajstić information content (AvgIpc) is 3.05. The number of nitrogens with one attached hydrogen (secondary N) is 1. The van der Waals surface area contributed by atoms with Gasteiger partial charge in [-0.25, -0.2) is 14.5 Å². The van der Waals surface area contributed by atoms with Gasteiger partial charge in [0.2, 0.25) is 0 Å². The lowest BCUT2D eigenvalue weighted by atomic mass is 10.1. The number of hydrogen-bond donors (Lipinski definition) is 2. The van der Waals surface area contributed by atoms with E-state index in [0.29, 0.717) is 17.2 Å². The number of aryl methyl sites for hydroxylation is 1. The van der Waals surface area contributed by atoms with Crippen LogP contribution >= 0.6 is 11.8 Å². The highest BCUT2D eigenvalue weighted by Gasteiger charge is 2.29. The lowest BCUT2D eigenvalue weighted by Gasteiger charge is -2.07. The molecule has 0 fully saturated rings. The monoisotopic (exact) mass is 393 g/mol. The first-order chi connectivity index (χ1) is 12.7. The van der Waals surface area contributed by atoms with E-state index in [0.717, 1.165) is 11.1 Å². The molecule has 140 valence electrons. The van der Waals surface area contributed by atoms with Gasteiger partial charge >= 0.3 is 11.5 Å². The first-order valence-corrected chi connectivity index (χ1v) is 8.48. The third-order valence-corrected chi connectivity index (χ3v) is 4.31. The number of thioether (sulfide) groups is 1. The molecule has 3 aromatic rings. The highest BCUT2D eigenvalue weighted by molar-refractivity contribution is 8.00. The van der Waals surface area contributed by atoms with Gasteiger partial charge in [0, 0.05) is 16.1 Å². The first-order valence-electron chi connectivity index (χ1n) is 7.66. The molecule has 1 aromatic heterocycles. The fourth-order valence-corrected chi connectivity index (χ4v) is 2.94. The Labute approximate surface area is 156 Å². The zero-order valence-corrected chi connectivity index (χ0v) is 14.8. The maximum atomic E-state index is 12.4. The summed E-state index contributed by atoms with van der Waals surface area (Å²) in [6, 6.07) is 10.4. The van der Waals surface area contributed by atoms with Gasteiger partial charge < -0.3 is 11.1 Å². The Morgan fingerprint density at radius 1 is 1.19 bits per heavy atom. The summed E-state index contributed by atoms with van der Waals surface area (Å²) < 4.78 is 38.7. The van der Waals surface area contributed by atoms with E-state index in [2.05, 4.69) is 15.4 Å². The minimum Gasteiger partial charge on any atom is -0.351 e. The number of carbonyl (C=O) groups excluding carboxylic acids is 1. The predicted molar refractivity (Wildman–Crippen MR) is 96.7 cm³/mol. The molecule has 0 unspecified atom stereocenters. The molecular formula is C17H14F3N5OS. The van der Waals surface area contributed by atoms with Crippen LogP contribution in [0.25, 0.3) is 17.1 Å². The molecule has 0 atom stereocenters. The topological polar surface area (TPSA) is 85.8 Å². The molecule has 2 aromatic carbocycles. The normalized spacial score (nSPS) is 11.4. The smallest absolute Gasteiger partial charge is 0.351 e. The van der Waals surface area contributed by atoms with Crippen molar-refractivity contribution in [1.82, 2.24) is 14.8 Å². The summed E-state index contributed by atoms with van der Waals surface area (Å²) in [6.07, 6.45) is 1.48. The van der Waals surface area contributed by atoms with Crippen LogP contribution in [-0.4, -0.2) is 26.3 Å². The van der Waals surface area contributed by atoms with Crippen molar-refractivity contribution >= 4 is 23.5 Å². The summed E-state index contributed by atoms with van der Waals surface area (Å²) in [6.45, 7) is 1.81. The molecule has 10 heteroatoms. The van der Waals surface area contributed by atoms with Crippen molar-refractivity contribution in [3.63, 3.8) is 0 Å². The molecule has 3 rings (SSSR count). The van der Waals surface area contributed by atoms with Crippen molar-refractivity contribution in [3.8, 4) is 17.1 Å². The van der Waals surface area contributed by atoms with E-state index in [4.69, 9.17) is 5.73 Å². The fourth-order valence-electron chi connectivity index (χ4n) is 2.40. The number of primary amides is 1. The number of aromatic nitrogens is 3. The lowest BCUT2D eigenvalue weighted by Crippen LogP contribution is -2.19. The number of anilines is 1. The molecule has 0 spiro atoms. The Morgan fingerprint density at radius 2 is 1.89 bits per heavy atom. The van der Waals surface area contributed by atoms with Crippen LogP contribution < -0.4 is 11.1 Å². The van der Waals surface area contributed by atoms with E-state index in [-0.39, 0.29) is 16.7 Å². The van der Waals surface area contributed by atoms with Crippen LogP contribution in [0.1, 0.15) is 5.56 Å². The third-order valence-electron chi connectivity index (χ3n) is 3.57. The number of amides is 2. The number of rotatable bonds is 4. The number of halogens is 3. The zero-order chi connectivity index (χ0) is 19.6. The average molecular weight is 393 g/mol. The first kappa shape index (κ1) is 18.8. The molecule has 0 radical (unpaired) electrons. The number of urea groups is 1. The molecule has 27 heavy (non-hydrogen) atoms. The molecule has 0 aliphatic rings. The van der Waals surface area contributed by atoms with E-state index in [9.17, 15) is 18.0 Å². The molecule has 6 nitrogen and oxygen atoms in total. The fraction of sp³-hybridized carbons (Fsp3) is 0.118. The molecule has 0 saturated carbocycles. The number of hydrogen-bond acceptors (Lipinski definition) is 4. The number of benzene rings is 2. The van der Waals surface area contributed by atoms with Crippen LogP contribution in [0.4, 0.5) is 23.7 Å². The van der Waals surface area contributed by atoms with Gasteiger partial charge in [-0.1, -0.05) is 0 Å². The Morgan fingerprint density at radius 3 is 2.48 bits per heavy atom. The van der Waals surface area contributed by atoms with Gasteiger partial charge in [-0.05, 0) is 66.7 Å². The number of nitrogens with two attached hydrogens (primary N) is 1. The maximum absolute atomic E-state index is 12.4. The zero-order valence-electron chi connectivity index (χ0n) is 14.0. The van der Waals surface area contributed by atoms with Gasteiger partial charge in [0.15, 0.2) is 5.82 Å². The van der Waals surface area contributed by atoms with Crippen LogP contribution in [0.3, 0.4) is 0 Å². The van der Waals surface area contributed by atoms with Gasteiger partial charge in [-0.2, -0.15) is 13.2 Å². The van der Waals surface area contributed by atoms with Gasteiger partial charge in [0.1, 0.15) is 6.33 Å². The van der Waals surface area contributed by atoms with Crippen molar-refractivity contribution in [2.24, 2.45) is 5.73 Å². The van der Waals surface area contributed by atoms with E-state index in [1.54, 1.807) is 18.2 Å². The SMILES string of the molecule is Cc1cc(-c2ncn(-c3ccc(SC(F)(F)F)cc3)n2)ccc1NC(N)=O. The van der Waals surface area contributed by atoms with E-state index in [1.807, 2.05) is 6.92 Å². The summed E-state index contributed by atoms with van der Waals surface area (Å²) in [7, 11) is 0. The summed E-state index contributed by atoms with van der Waals surface area (Å²) in [4.78, 5) is 15.3. The second kappa shape index (κ2) is 7.31. The number of alkyl halides is 3. The molecule has 0 bridgehead atoms. The van der Waals surface area contributed by atoms with Crippen molar-refractivity contribution in [3.05, 3.63) is 54.4 Å². The predicted octanol–water partition coefficient (Wildman–Crippen LogP) is 4.35. The van der Waals surface area contributed by atoms with E-state index < -0.39 is 11.5 Å². The van der Waals surface area contributed by atoms with Crippen LogP contribution in [0, 0.1) is 6.92 Å². The van der Waals surface area contributed by atoms with Crippen LogP contribution in [0.15, 0.2) is 53.7 Å². The van der Waals surface area contributed by atoms with Gasteiger partial charge in [0.25, 0.3) is 0 Å². The van der Waals surface area contributed by atoms with Gasteiger partial charge in [-0.15, -0.1) is 5.10 Å². The Kier molecular flexibility index (Phi) is 5.08. The van der Waals surface area contributed by atoms with Crippen molar-refractivity contribution in [1.29, 1.82) is 0 Å². The maximum Gasteiger partial charge on any atom is 0.446 e. The molecule has 2 amide bonds. The third kappa shape index (κ3) is 4.79. The van der Waals surface area contributed by atoms with E-state index in [1.165, 1.54) is 35.3 Å². The van der Waals surface area contributed by atoms with Gasteiger partial charge in [-0.3, -0.25) is 0 Å². The second-order valence-electron chi connectivity index (χ2n) is 5.57. The Bertz CT molecular complexity index is 969. The molecule has 3 N–H and O–H groups in total. The van der Waals surface area contributed by atoms with Gasteiger partial charge in [0.05, 0.1) is 5.69 Å². The molecule has 0 aliphatic carbocycles. The highest BCUT2D eigenvalue weighted by atomic mass is 32.2. The minimum absolute atomic E-state index is 0.0970. The number of carbonyl (C=O) groups is 1. The molecule has 0 saturated heterocycles. The Balaban J connectivity index is 1.80. The lowest BCUT2D eigenvalue weighted by molar-refractivity contribution is -0.0328. The van der Waals surface area contributed by atoms with Crippen molar-refractivity contribution < 1.29 is 18.0 Å². The standard InChI is InChI=1S/C17H14F3N5OS/c1-10-8-11(2-7-14(10)23-16(21)26)15-22-9-25(24-15)12-3-5-13(6-4-12)27-17(18,19)20/h2-9H,1H3,(H3,21,23,26). The van der Waals surface area contributed by atoms with Crippen LogP contribution in [0.2, 0.25) is 0 Å². The second-order valence-corrected chi connectivity index (χ2v) is 6.71. The van der Waals surface area contributed by atoms with Crippen LogP contribution in [-0.2, 0) is 0 Å². The molecule has 0 aliphatic heterocycles. The molecular weight excluding hydrogens is 379 g/mol. The molecule has 1 heterocycles. The summed E-state index contributed by atoms with van der Waals surface area (Å²) in [5.41, 5.74) is 3.48. The minimum atomic E-state index is -4.32. The number of nitrogens with zero attached hydrogens (tertiary/aromatic N) is 3. The van der Waals surface area contributed by atoms with Crippen molar-refractivity contribution in [2.75, 3.05) is 5.32 Å². The van der Waals surface area contributed by atoms with E-state index >= 15 is 0 Å².